The molecular formula is C23H24N4O3. The van der Waals surface area contributed by atoms with Crippen molar-refractivity contribution >= 4 is 23.1 Å². The third-order valence-corrected chi connectivity index (χ3v) is 5.80. The molecule has 0 saturated carbocycles. The summed E-state index contributed by atoms with van der Waals surface area (Å²) in [4.78, 5) is 34.5. The number of nitrogens with zero attached hydrogens (tertiary/aromatic N) is 4. The topological polar surface area (TPSA) is 67.2 Å². The van der Waals surface area contributed by atoms with E-state index in [9.17, 15) is 9.59 Å². The molecule has 1 saturated heterocycles. The zero-order chi connectivity index (χ0) is 20.7. The quantitative estimate of drug-likeness (QED) is 0.658. The molecule has 0 aliphatic carbocycles. The lowest BCUT2D eigenvalue weighted by Crippen LogP contribution is -2.52. The molecule has 1 aromatic carbocycles. The molecule has 30 heavy (non-hydrogen) atoms. The van der Waals surface area contributed by atoms with Gasteiger partial charge in [-0.3, -0.25) is 14.5 Å². The number of hydrogen-bond acceptors (Lipinski definition) is 4. The summed E-state index contributed by atoms with van der Waals surface area (Å²) in [5.74, 6) is 0.267. The van der Waals surface area contributed by atoms with Crippen molar-refractivity contribution in [2.75, 3.05) is 24.5 Å². The van der Waals surface area contributed by atoms with Gasteiger partial charge in [-0.1, -0.05) is 12.1 Å². The highest BCUT2D eigenvalue weighted by molar-refractivity contribution is 6.07. The number of carbonyl (C=O) groups excluding carboxylic acids is 2. The molecule has 5 rings (SSSR count). The second kappa shape index (κ2) is 7.48. The van der Waals surface area contributed by atoms with Crippen LogP contribution in [0.3, 0.4) is 0 Å². The van der Waals surface area contributed by atoms with E-state index in [2.05, 4.69) is 4.98 Å². The van der Waals surface area contributed by atoms with Gasteiger partial charge in [-0.2, -0.15) is 0 Å². The van der Waals surface area contributed by atoms with E-state index in [0.717, 1.165) is 43.6 Å². The highest BCUT2D eigenvalue weighted by Gasteiger charge is 2.37. The highest BCUT2D eigenvalue weighted by atomic mass is 16.5. The lowest BCUT2D eigenvalue weighted by Gasteiger charge is -2.37. The Hall–Kier alpha value is -3.35. The molecule has 7 nitrogen and oxygen atoms in total. The molecular weight excluding hydrogens is 380 g/mol. The Morgan fingerprint density at radius 3 is 2.73 bits per heavy atom. The van der Waals surface area contributed by atoms with Crippen LogP contribution in [0.4, 0.5) is 5.69 Å². The van der Waals surface area contributed by atoms with Gasteiger partial charge in [0.2, 0.25) is 0 Å². The van der Waals surface area contributed by atoms with Crippen molar-refractivity contribution in [1.82, 2.24) is 14.3 Å². The van der Waals surface area contributed by atoms with Gasteiger partial charge in [0.05, 0.1) is 12.2 Å². The van der Waals surface area contributed by atoms with E-state index in [4.69, 9.17) is 4.74 Å². The summed E-state index contributed by atoms with van der Waals surface area (Å²) in [5, 5.41) is 0. The molecule has 4 heterocycles. The van der Waals surface area contributed by atoms with Crippen molar-refractivity contribution in [2.45, 2.75) is 32.3 Å². The van der Waals surface area contributed by atoms with Crippen LogP contribution in [-0.2, 0) is 4.79 Å². The van der Waals surface area contributed by atoms with Gasteiger partial charge in [0.1, 0.15) is 17.1 Å². The number of para-hydroxylation sites is 2. The van der Waals surface area contributed by atoms with Crippen LogP contribution in [0.1, 0.15) is 35.3 Å². The Morgan fingerprint density at radius 1 is 1.10 bits per heavy atom. The molecule has 0 bridgehead atoms. The van der Waals surface area contributed by atoms with Gasteiger partial charge in [-0.25, -0.2) is 4.98 Å². The smallest absolute Gasteiger partial charge is 0.278 e. The summed E-state index contributed by atoms with van der Waals surface area (Å²) in [5.41, 5.74) is 2.82. The number of fused-ring (bicyclic) bond motifs is 2. The lowest BCUT2D eigenvalue weighted by molar-refractivity contribution is -0.139. The first-order valence-electron chi connectivity index (χ1n) is 10.4. The van der Waals surface area contributed by atoms with Crippen LogP contribution in [0.5, 0.6) is 5.75 Å². The minimum Gasteiger partial charge on any atom is -0.476 e. The maximum Gasteiger partial charge on any atom is 0.278 e. The third-order valence-electron chi connectivity index (χ3n) is 5.80. The van der Waals surface area contributed by atoms with E-state index in [-0.39, 0.29) is 18.4 Å². The summed E-state index contributed by atoms with van der Waals surface area (Å²) < 4.78 is 7.86. The standard InChI is InChI=1S/C23H24N4O3/c1-16-9-12-26-14-17(24-21(26)13-16)22(28)27-15-20(23(29)25-10-5-2-6-11-25)30-19-8-4-3-7-18(19)27/h3-4,7-9,12-14,20H,2,5-6,10-11,15H2,1H3. The zero-order valence-electron chi connectivity index (χ0n) is 17.0. The summed E-state index contributed by atoms with van der Waals surface area (Å²) in [7, 11) is 0. The van der Waals surface area contributed by atoms with Crippen molar-refractivity contribution < 1.29 is 14.3 Å². The zero-order valence-corrected chi connectivity index (χ0v) is 17.0. The number of anilines is 1. The predicted molar refractivity (Wildman–Crippen MR) is 113 cm³/mol. The van der Waals surface area contributed by atoms with Crippen molar-refractivity contribution in [1.29, 1.82) is 0 Å². The van der Waals surface area contributed by atoms with Crippen molar-refractivity contribution in [2.24, 2.45) is 0 Å². The molecule has 2 aromatic heterocycles. The first-order chi connectivity index (χ1) is 14.6. The van der Waals surface area contributed by atoms with E-state index < -0.39 is 6.10 Å². The van der Waals surface area contributed by atoms with Gasteiger partial charge in [-0.05, 0) is 56.0 Å². The van der Waals surface area contributed by atoms with Gasteiger partial charge in [0.25, 0.3) is 11.8 Å². The second-order valence-corrected chi connectivity index (χ2v) is 7.97. The van der Waals surface area contributed by atoms with Crippen LogP contribution in [0.2, 0.25) is 0 Å². The molecule has 0 radical (unpaired) electrons. The van der Waals surface area contributed by atoms with Gasteiger partial charge >= 0.3 is 0 Å². The maximum atomic E-state index is 13.4. The van der Waals surface area contributed by atoms with Gasteiger partial charge in [-0.15, -0.1) is 0 Å². The first-order valence-corrected chi connectivity index (χ1v) is 10.4. The summed E-state index contributed by atoms with van der Waals surface area (Å²) in [6, 6.07) is 11.3. The summed E-state index contributed by atoms with van der Waals surface area (Å²) >= 11 is 0. The number of imidazole rings is 1. The number of carbonyl (C=O) groups is 2. The average molecular weight is 404 g/mol. The largest absolute Gasteiger partial charge is 0.476 e. The van der Waals surface area contributed by atoms with Gasteiger partial charge in [0.15, 0.2) is 6.10 Å². The van der Waals surface area contributed by atoms with Gasteiger partial charge < -0.3 is 14.0 Å². The van der Waals surface area contributed by atoms with Crippen LogP contribution in [0.15, 0.2) is 48.8 Å². The van der Waals surface area contributed by atoms with Crippen LogP contribution in [0, 0.1) is 6.92 Å². The number of amides is 2. The van der Waals surface area contributed by atoms with Crippen molar-refractivity contribution in [3.05, 3.63) is 60.0 Å². The maximum absolute atomic E-state index is 13.4. The van der Waals surface area contributed by atoms with E-state index in [1.807, 2.05) is 52.8 Å². The fourth-order valence-electron chi connectivity index (χ4n) is 4.20. The number of aromatic nitrogens is 2. The number of piperidine rings is 1. The fourth-order valence-corrected chi connectivity index (χ4v) is 4.20. The minimum absolute atomic E-state index is 0.0485. The normalized spacial score (nSPS) is 18.8. The van der Waals surface area contributed by atoms with Gasteiger partial charge in [0, 0.05) is 25.5 Å². The van der Waals surface area contributed by atoms with Crippen LogP contribution >= 0.6 is 0 Å². The molecule has 2 amide bonds. The Morgan fingerprint density at radius 2 is 1.90 bits per heavy atom. The molecule has 0 N–H and O–H groups in total. The van der Waals surface area contributed by atoms with E-state index >= 15 is 0 Å². The Bertz CT molecular complexity index is 1120. The number of pyridine rings is 1. The molecule has 1 atom stereocenters. The lowest BCUT2D eigenvalue weighted by atomic mass is 10.1. The van der Waals surface area contributed by atoms with Crippen molar-refractivity contribution in [3.63, 3.8) is 0 Å². The Labute approximate surface area is 174 Å². The van der Waals surface area contributed by atoms with Crippen LogP contribution in [0.25, 0.3) is 5.65 Å². The molecule has 2 aliphatic heterocycles. The van der Waals surface area contributed by atoms with Crippen molar-refractivity contribution in [3.8, 4) is 5.75 Å². The average Bonchev–Trinajstić information content (AvgIpc) is 3.21. The SMILES string of the molecule is Cc1ccn2cc(C(=O)N3CC(C(=O)N4CCCCC4)Oc4ccccc43)nc2c1. The monoisotopic (exact) mass is 404 g/mol. The van der Waals surface area contributed by atoms with E-state index in [1.54, 1.807) is 17.2 Å². The molecule has 1 unspecified atom stereocenters. The number of rotatable bonds is 2. The van der Waals surface area contributed by atoms with Crippen LogP contribution in [-0.4, -0.2) is 51.8 Å². The molecule has 7 heteroatoms. The molecule has 2 aliphatic rings. The highest BCUT2D eigenvalue weighted by Crippen LogP contribution is 2.34. The van der Waals surface area contributed by atoms with Crippen LogP contribution < -0.4 is 9.64 Å². The third kappa shape index (κ3) is 3.30. The number of hydrogen-bond donors (Lipinski definition) is 0. The fraction of sp³-hybridized carbons (Fsp3) is 0.348. The first kappa shape index (κ1) is 18.7. The van der Waals surface area contributed by atoms with E-state index in [0.29, 0.717) is 17.1 Å². The number of benzene rings is 1. The number of aryl methyl sites for hydroxylation is 1. The summed E-state index contributed by atoms with van der Waals surface area (Å²) in [6.07, 6.45) is 6.09. The molecule has 0 spiro atoms. The molecule has 1 fully saturated rings. The second-order valence-electron chi connectivity index (χ2n) is 7.97. The number of likely N-dealkylation sites (tertiary alicyclic amines) is 1. The minimum atomic E-state index is -0.707. The summed E-state index contributed by atoms with van der Waals surface area (Å²) in [6.45, 7) is 3.67. The molecule has 154 valence electrons. The van der Waals surface area contributed by atoms with E-state index in [1.165, 1.54) is 0 Å². The Kier molecular flexibility index (Phi) is 4.65. The molecule has 3 aromatic rings. The Balaban J connectivity index is 1.47. The number of ether oxygens (including phenoxy) is 1. The predicted octanol–water partition coefficient (Wildman–Crippen LogP) is 3.06.